The van der Waals surface area contributed by atoms with Gasteiger partial charge in [0.05, 0.1) is 17.5 Å². The maximum Gasteiger partial charge on any atom is 0.419 e. The molecule has 1 heterocycles. The molecule has 0 atom stereocenters. The van der Waals surface area contributed by atoms with Gasteiger partial charge < -0.3 is 4.90 Å². The minimum atomic E-state index is -4.53. The van der Waals surface area contributed by atoms with E-state index in [1.54, 1.807) is 19.2 Å². The van der Waals surface area contributed by atoms with E-state index in [9.17, 15) is 31.2 Å². The normalized spacial score (nSPS) is 11.7. The van der Waals surface area contributed by atoms with E-state index in [0.717, 1.165) is 24.1 Å². The molecule has 2 amide bonds. The molecule has 0 aliphatic rings. The number of thioether (sulfide) groups is 1. The number of carbonyl (C=O) groups is 2. The topological polar surface area (TPSA) is 87.7 Å². The zero-order valence-corrected chi connectivity index (χ0v) is 21.1. The first-order chi connectivity index (χ1) is 16.8. The van der Waals surface area contributed by atoms with E-state index in [0.29, 0.717) is 15.6 Å². The van der Waals surface area contributed by atoms with Crippen molar-refractivity contribution in [1.29, 1.82) is 0 Å². The highest BCUT2D eigenvalue weighted by Gasteiger charge is 2.34. The highest BCUT2D eigenvalue weighted by atomic mass is 32.2. The van der Waals surface area contributed by atoms with Crippen molar-refractivity contribution in [2.75, 3.05) is 22.5 Å². The van der Waals surface area contributed by atoms with Gasteiger partial charge in [0.25, 0.3) is 5.91 Å². The maximum absolute atomic E-state index is 13.2. The first-order valence-corrected chi connectivity index (χ1v) is 13.3. The second kappa shape index (κ2) is 10.7. The fraction of sp³-hybridized carbons (Fsp3) is 0.208. The first-order valence-electron chi connectivity index (χ1n) is 10.4. The van der Waals surface area contributed by atoms with Crippen LogP contribution in [0.25, 0.3) is 0 Å². The average molecular weight is 538 g/mol. The summed E-state index contributed by atoms with van der Waals surface area (Å²) in [5.41, 5.74) is 0.491. The maximum atomic E-state index is 13.2. The van der Waals surface area contributed by atoms with E-state index < -0.39 is 27.7 Å². The van der Waals surface area contributed by atoms with Crippen LogP contribution in [0.2, 0.25) is 0 Å². The summed E-state index contributed by atoms with van der Waals surface area (Å²) < 4.78 is 65.0. The Morgan fingerprint density at radius 1 is 0.972 bits per heavy atom. The summed E-state index contributed by atoms with van der Waals surface area (Å²) in [7, 11) is -2.44. The van der Waals surface area contributed by atoms with E-state index in [4.69, 9.17) is 0 Å². The molecule has 7 nitrogen and oxygen atoms in total. The average Bonchev–Trinajstić information content (AvgIpc) is 2.82. The Hall–Kier alpha value is -3.38. The van der Waals surface area contributed by atoms with Crippen LogP contribution in [0.5, 0.6) is 0 Å². The van der Waals surface area contributed by atoms with Crippen LogP contribution in [-0.4, -0.2) is 38.5 Å². The molecule has 2 aromatic carbocycles. The smallest absolute Gasteiger partial charge is 0.316 e. The van der Waals surface area contributed by atoms with E-state index in [1.807, 2.05) is 0 Å². The van der Waals surface area contributed by atoms with Gasteiger partial charge in [-0.2, -0.15) is 13.2 Å². The van der Waals surface area contributed by atoms with E-state index in [1.165, 1.54) is 60.5 Å². The van der Waals surface area contributed by atoms with Crippen molar-refractivity contribution in [2.24, 2.45) is 0 Å². The van der Waals surface area contributed by atoms with Gasteiger partial charge in [-0.1, -0.05) is 12.1 Å². The zero-order chi connectivity index (χ0) is 26.7. The molecular weight excluding hydrogens is 515 g/mol. The zero-order valence-electron chi connectivity index (χ0n) is 19.5. The van der Waals surface area contributed by atoms with Crippen LogP contribution in [0.15, 0.2) is 71.9 Å². The highest BCUT2D eigenvalue weighted by molar-refractivity contribution is 7.98. The lowest BCUT2D eigenvalue weighted by Gasteiger charge is -2.22. The number of aromatic nitrogens is 1. The molecule has 0 aliphatic carbocycles. The van der Waals surface area contributed by atoms with Crippen molar-refractivity contribution in [3.63, 3.8) is 0 Å². The fourth-order valence-electron chi connectivity index (χ4n) is 3.19. The van der Waals surface area contributed by atoms with E-state index in [2.05, 4.69) is 4.98 Å². The molecule has 36 heavy (non-hydrogen) atoms. The predicted molar refractivity (Wildman–Crippen MR) is 132 cm³/mol. The number of rotatable bonds is 7. The quantitative estimate of drug-likeness (QED) is 0.395. The third kappa shape index (κ3) is 6.43. The minimum Gasteiger partial charge on any atom is -0.316 e. The van der Waals surface area contributed by atoms with Crippen LogP contribution < -0.4 is 9.21 Å². The summed E-state index contributed by atoms with van der Waals surface area (Å²) >= 11 is 0.904. The fourth-order valence-corrected chi connectivity index (χ4v) is 5.07. The van der Waals surface area contributed by atoms with Crippen molar-refractivity contribution in [2.45, 2.75) is 23.9 Å². The molecule has 3 rings (SSSR count). The monoisotopic (exact) mass is 537 g/mol. The van der Waals surface area contributed by atoms with E-state index >= 15 is 0 Å². The van der Waals surface area contributed by atoms with Gasteiger partial charge >= 0.3 is 6.18 Å². The molecule has 0 aliphatic heterocycles. The van der Waals surface area contributed by atoms with Gasteiger partial charge in [0.2, 0.25) is 15.9 Å². The van der Waals surface area contributed by atoms with E-state index in [-0.39, 0.29) is 27.9 Å². The third-order valence-electron chi connectivity index (χ3n) is 5.11. The van der Waals surface area contributed by atoms with Crippen LogP contribution in [-0.2, 0) is 26.7 Å². The molecular formula is C24H22F3N3O4S2. The van der Waals surface area contributed by atoms with Crippen molar-refractivity contribution in [3.05, 3.63) is 83.6 Å². The summed E-state index contributed by atoms with van der Waals surface area (Å²) in [4.78, 5) is 29.8. The summed E-state index contributed by atoms with van der Waals surface area (Å²) in [6.07, 6.45) is -2.35. The molecule has 0 N–H and O–H groups in total. The molecule has 3 aromatic rings. The van der Waals surface area contributed by atoms with Crippen molar-refractivity contribution < 1.29 is 31.2 Å². The van der Waals surface area contributed by atoms with Gasteiger partial charge in [-0.3, -0.25) is 9.59 Å². The number of benzene rings is 2. The summed E-state index contributed by atoms with van der Waals surface area (Å²) in [6, 6.07) is 14.0. The number of halogens is 3. The van der Waals surface area contributed by atoms with Crippen LogP contribution in [0.1, 0.15) is 28.4 Å². The van der Waals surface area contributed by atoms with Gasteiger partial charge in [-0.05, 0) is 54.1 Å². The molecule has 0 saturated heterocycles. The second-order valence-corrected chi connectivity index (χ2v) is 10.6. The molecule has 0 spiro atoms. The van der Waals surface area contributed by atoms with Crippen molar-refractivity contribution >= 4 is 45.0 Å². The number of pyridine rings is 1. The number of carbonyl (C=O) groups excluding carboxylic acids is 2. The van der Waals surface area contributed by atoms with Gasteiger partial charge in [-0.15, -0.1) is 11.8 Å². The molecule has 12 heteroatoms. The highest BCUT2D eigenvalue weighted by Crippen LogP contribution is 2.36. The van der Waals surface area contributed by atoms with Crippen molar-refractivity contribution in [3.8, 4) is 0 Å². The van der Waals surface area contributed by atoms with Crippen LogP contribution >= 0.6 is 11.8 Å². The van der Waals surface area contributed by atoms with Crippen LogP contribution in [0.4, 0.5) is 24.5 Å². The van der Waals surface area contributed by atoms with Gasteiger partial charge in [-0.25, -0.2) is 17.7 Å². The lowest BCUT2D eigenvalue weighted by atomic mass is 10.1. The minimum absolute atomic E-state index is 0.0768. The molecule has 1 aromatic heterocycles. The third-order valence-corrected chi connectivity index (χ3v) is 7.23. The second-order valence-electron chi connectivity index (χ2n) is 7.77. The molecule has 0 fully saturated rings. The Kier molecular flexibility index (Phi) is 8.09. The van der Waals surface area contributed by atoms with Gasteiger partial charge in [0.1, 0.15) is 5.03 Å². The summed E-state index contributed by atoms with van der Waals surface area (Å²) in [6.45, 7) is 1.38. The number of sulfonamides is 1. The number of alkyl halides is 3. The number of hydrogen-bond acceptors (Lipinski definition) is 6. The van der Waals surface area contributed by atoms with Crippen molar-refractivity contribution in [1.82, 2.24) is 4.98 Å². The molecule has 0 saturated carbocycles. The number of nitrogens with zero attached hydrogens (tertiary/aromatic N) is 3. The Labute approximate surface area is 211 Å². The van der Waals surface area contributed by atoms with Gasteiger partial charge in [0.15, 0.2) is 0 Å². The van der Waals surface area contributed by atoms with Crippen LogP contribution in [0.3, 0.4) is 0 Å². The molecule has 0 radical (unpaired) electrons. The predicted octanol–water partition coefficient (Wildman–Crippen LogP) is 4.98. The lowest BCUT2D eigenvalue weighted by molar-refractivity contribution is -0.140. The SMILES string of the molecule is CC(=O)N(C)c1ccc(N(C(=O)c2ccc(CSc3ncccc3C(F)(F)F)cc2)S(C)(=O)=O)cc1. The first kappa shape index (κ1) is 27.2. The number of hydrogen-bond donors (Lipinski definition) is 0. The van der Waals surface area contributed by atoms with Crippen LogP contribution in [0, 0.1) is 0 Å². The molecule has 0 unspecified atom stereocenters. The van der Waals surface area contributed by atoms with Gasteiger partial charge in [0, 0.05) is 37.2 Å². The number of amides is 2. The summed E-state index contributed by atoms with van der Waals surface area (Å²) in [5, 5.41) is -0.160. The molecule has 0 bridgehead atoms. The number of anilines is 2. The Morgan fingerprint density at radius 3 is 2.08 bits per heavy atom. The Bertz CT molecular complexity index is 1360. The largest absolute Gasteiger partial charge is 0.419 e. The Balaban J connectivity index is 1.80. The standard InChI is InChI=1S/C24H22F3N3O4S2/c1-16(31)29(2)19-10-12-20(13-11-19)30(36(3,33)34)23(32)18-8-6-17(7-9-18)15-35-22-21(24(25,26)27)5-4-14-28-22/h4-14H,15H2,1-3H3. The lowest BCUT2D eigenvalue weighted by Crippen LogP contribution is -2.36. The summed E-state index contributed by atoms with van der Waals surface area (Å²) in [5.74, 6) is -0.849. The Morgan fingerprint density at radius 2 is 1.56 bits per heavy atom. The molecule has 190 valence electrons.